The van der Waals surface area contributed by atoms with Crippen LogP contribution in [0.4, 0.5) is 8.78 Å². The zero-order valence-electron chi connectivity index (χ0n) is 38.9. The van der Waals surface area contributed by atoms with Gasteiger partial charge in [0, 0.05) is 17.7 Å². The lowest BCUT2D eigenvalue weighted by Crippen LogP contribution is -2.14. The van der Waals surface area contributed by atoms with E-state index in [9.17, 15) is 19.2 Å². The molecule has 0 aliphatic rings. The van der Waals surface area contributed by atoms with Gasteiger partial charge in [0.2, 0.25) is 0 Å². The maximum Gasteiger partial charge on any atom is 0.346 e. The van der Waals surface area contributed by atoms with Crippen LogP contribution in [0.15, 0.2) is 103 Å². The molecule has 0 aliphatic heterocycles. The van der Waals surface area contributed by atoms with Crippen molar-refractivity contribution in [2.45, 2.75) is 124 Å². The number of rotatable bonds is 28. The maximum atomic E-state index is 15.2. The summed E-state index contributed by atoms with van der Waals surface area (Å²) in [5.41, 5.74) is -0.245. The highest BCUT2D eigenvalue weighted by atomic mass is 19.1. The summed E-state index contributed by atoms with van der Waals surface area (Å²) in [5, 5.41) is 0. The number of unbranched alkanes of at least 4 members (excludes halogenated alkanes) is 14. The van der Waals surface area contributed by atoms with Gasteiger partial charge in [-0.25, -0.2) is 28.0 Å². The molecule has 0 fully saturated rings. The molecule has 0 bridgehead atoms. The molecule has 67 heavy (non-hydrogen) atoms. The first-order chi connectivity index (χ1) is 32.6. The van der Waals surface area contributed by atoms with Gasteiger partial charge in [0.1, 0.15) is 46.1 Å². The summed E-state index contributed by atoms with van der Waals surface area (Å²) in [5.74, 6) is -4.71. The molecule has 0 aliphatic carbocycles. The van der Waals surface area contributed by atoms with E-state index in [0.29, 0.717) is 24.7 Å². The van der Waals surface area contributed by atoms with E-state index < -0.39 is 46.6 Å². The molecule has 356 valence electrons. The second-order valence-corrected chi connectivity index (χ2v) is 16.4. The predicted molar refractivity (Wildman–Crippen MR) is 253 cm³/mol. The minimum absolute atomic E-state index is 0.0544. The number of benzene rings is 5. The molecule has 5 rings (SSSR count). The summed E-state index contributed by atoms with van der Waals surface area (Å²) in [6.45, 7) is 7.07. The van der Waals surface area contributed by atoms with Crippen molar-refractivity contribution in [1.82, 2.24) is 0 Å². The van der Waals surface area contributed by atoms with Gasteiger partial charge in [0.15, 0.2) is 0 Å². The van der Waals surface area contributed by atoms with E-state index in [-0.39, 0.29) is 39.7 Å². The van der Waals surface area contributed by atoms with Gasteiger partial charge in [-0.15, -0.1) is 0 Å². The SMILES string of the molecule is CCCCCCCCCCOc1ccc(C(=O)Oc2ccc(C(=O)Oc3cccc(OC(=O)c4ccc(OC(=O)c5ccc(OCCCCCCCCCC)cc5)cc4F)c3C)c(F)c2)cc1. The average Bonchev–Trinajstić information content (AvgIpc) is 3.32. The Morgan fingerprint density at radius 1 is 0.403 bits per heavy atom. The Balaban J connectivity index is 1.06. The van der Waals surface area contributed by atoms with Gasteiger partial charge >= 0.3 is 23.9 Å². The predicted octanol–water partition coefficient (Wildman–Crippen LogP) is 14.2. The molecule has 0 heterocycles. The van der Waals surface area contributed by atoms with E-state index >= 15 is 8.78 Å². The molecule has 5 aromatic rings. The first-order valence-corrected chi connectivity index (χ1v) is 23.6. The van der Waals surface area contributed by atoms with Crippen LogP contribution in [0.3, 0.4) is 0 Å². The van der Waals surface area contributed by atoms with Gasteiger partial charge in [-0.2, -0.15) is 0 Å². The van der Waals surface area contributed by atoms with Gasteiger partial charge in [-0.3, -0.25) is 0 Å². The molecule has 0 unspecified atom stereocenters. The summed E-state index contributed by atoms with van der Waals surface area (Å²) < 4.78 is 63.6. The molecule has 0 aromatic heterocycles. The minimum atomic E-state index is -1.07. The van der Waals surface area contributed by atoms with Gasteiger partial charge in [-0.05, 0) is 105 Å². The fourth-order valence-electron chi connectivity index (χ4n) is 7.13. The van der Waals surface area contributed by atoms with Gasteiger partial charge < -0.3 is 28.4 Å². The smallest absolute Gasteiger partial charge is 0.346 e. The zero-order valence-corrected chi connectivity index (χ0v) is 38.9. The Hall–Kier alpha value is -6.56. The van der Waals surface area contributed by atoms with Crippen LogP contribution in [0.1, 0.15) is 164 Å². The molecule has 0 atom stereocenters. The van der Waals surface area contributed by atoms with Crippen LogP contribution < -0.4 is 28.4 Å². The lowest BCUT2D eigenvalue weighted by molar-refractivity contribution is 0.0719. The second-order valence-electron chi connectivity index (χ2n) is 16.4. The zero-order chi connectivity index (χ0) is 47.8. The van der Waals surface area contributed by atoms with Crippen molar-refractivity contribution in [3.63, 3.8) is 0 Å². The normalized spacial score (nSPS) is 10.9. The number of ether oxygens (including phenoxy) is 6. The average molecular weight is 921 g/mol. The molecular weight excluding hydrogens is 859 g/mol. The molecular formula is C55H62F2O10. The monoisotopic (exact) mass is 920 g/mol. The fourth-order valence-corrected chi connectivity index (χ4v) is 7.13. The van der Waals surface area contributed by atoms with Gasteiger partial charge in [0.05, 0.1) is 35.5 Å². The Morgan fingerprint density at radius 2 is 0.746 bits per heavy atom. The molecule has 0 radical (unpaired) electrons. The Labute approximate surface area is 392 Å². The van der Waals surface area contributed by atoms with Crippen LogP contribution >= 0.6 is 0 Å². The van der Waals surface area contributed by atoms with Crippen molar-refractivity contribution in [2.24, 2.45) is 0 Å². The molecule has 12 heteroatoms. The topological polar surface area (TPSA) is 124 Å². The van der Waals surface area contributed by atoms with E-state index in [2.05, 4.69) is 13.8 Å². The van der Waals surface area contributed by atoms with Gasteiger partial charge in [-0.1, -0.05) is 110 Å². The van der Waals surface area contributed by atoms with E-state index in [1.165, 1.54) is 114 Å². The standard InChI is InChI=1S/C55H62F2O10/c1-4-6-8-10-12-14-16-18-35-62-42-27-23-40(24-28-42)52(58)64-44-31-33-46(48(56)37-44)54(60)66-50-21-20-22-51(39(50)3)67-55(61)47-34-32-45(38-49(47)57)65-53(59)41-25-29-43(30-26-41)63-36-19-17-15-13-11-9-7-5-2/h20-34,37-38H,4-19,35-36H2,1-3H3. The van der Waals surface area contributed by atoms with E-state index in [0.717, 1.165) is 49.9 Å². The lowest BCUT2D eigenvalue weighted by Gasteiger charge is -2.13. The Morgan fingerprint density at radius 3 is 1.10 bits per heavy atom. The molecule has 0 amide bonds. The summed E-state index contributed by atoms with van der Waals surface area (Å²) in [6.07, 6.45) is 19.1. The third kappa shape index (κ3) is 17.0. The number of hydrogen-bond donors (Lipinski definition) is 0. The first kappa shape index (κ1) is 51.4. The van der Waals surface area contributed by atoms with Gasteiger partial charge in [0.25, 0.3) is 0 Å². The second kappa shape index (κ2) is 27.8. The fraction of sp³-hybridized carbons (Fsp3) is 0.382. The largest absolute Gasteiger partial charge is 0.494 e. The van der Waals surface area contributed by atoms with Crippen LogP contribution in [-0.4, -0.2) is 37.1 Å². The number of halogens is 2. The van der Waals surface area contributed by atoms with E-state index in [1.807, 2.05) is 0 Å². The molecule has 0 N–H and O–H groups in total. The summed E-state index contributed by atoms with van der Waals surface area (Å²) in [7, 11) is 0. The minimum Gasteiger partial charge on any atom is -0.494 e. The maximum absolute atomic E-state index is 15.2. The number of carbonyl (C=O) groups is 4. The molecule has 10 nitrogen and oxygen atoms in total. The third-order valence-corrected chi connectivity index (χ3v) is 11.1. The summed E-state index contributed by atoms with van der Waals surface area (Å²) >= 11 is 0. The highest BCUT2D eigenvalue weighted by Crippen LogP contribution is 2.30. The Bertz CT molecular complexity index is 2200. The summed E-state index contributed by atoms with van der Waals surface area (Å²) in [6, 6.07) is 23.7. The molecule has 0 spiro atoms. The van der Waals surface area contributed by atoms with Crippen LogP contribution in [0.5, 0.6) is 34.5 Å². The molecule has 0 saturated heterocycles. The third-order valence-electron chi connectivity index (χ3n) is 11.1. The van der Waals surface area contributed by atoms with Crippen molar-refractivity contribution in [3.8, 4) is 34.5 Å². The van der Waals surface area contributed by atoms with Crippen LogP contribution in [0, 0.1) is 18.6 Å². The highest BCUT2D eigenvalue weighted by molar-refractivity contribution is 5.94. The lowest BCUT2D eigenvalue weighted by atomic mass is 10.1. The van der Waals surface area contributed by atoms with Crippen molar-refractivity contribution in [2.75, 3.05) is 13.2 Å². The van der Waals surface area contributed by atoms with E-state index in [4.69, 9.17) is 28.4 Å². The highest BCUT2D eigenvalue weighted by Gasteiger charge is 2.22. The quantitative estimate of drug-likeness (QED) is 0.0272. The van der Waals surface area contributed by atoms with Crippen LogP contribution in [0.25, 0.3) is 0 Å². The molecule has 0 saturated carbocycles. The van der Waals surface area contributed by atoms with Crippen LogP contribution in [-0.2, 0) is 0 Å². The van der Waals surface area contributed by atoms with Crippen LogP contribution in [0.2, 0.25) is 0 Å². The molecule has 5 aromatic carbocycles. The van der Waals surface area contributed by atoms with Crippen molar-refractivity contribution in [3.05, 3.63) is 143 Å². The van der Waals surface area contributed by atoms with Crippen molar-refractivity contribution < 1.29 is 56.4 Å². The number of carbonyl (C=O) groups excluding carboxylic acids is 4. The summed E-state index contributed by atoms with van der Waals surface area (Å²) in [4.78, 5) is 51.7. The van der Waals surface area contributed by atoms with Crippen molar-refractivity contribution >= 4 is 23.9 Å². The van der Waals surface area contributed by atoms with E-state index in [1.54, 1.807) is 48.5 Å². The number of hydrogen-bond acceptors (Lipinski definition) is 10. The Kier molecular flexibility index (Phi) is 21.3. The number of esters is 4. The van der Waals surface area contributed by atoms with Crippen molar-refractivity contribution in [1.29, 1.82) is 0 Å². The first-order valence-electron chi connectivity index (χ1n) is 23.6.